The molecule has 0 aliphatic carbocycles. The number of nitrogens with zero attached hydrogens (tertiary/aromatic N) is 2. The molecule has 6 nitrogen and oxygen atoms in total. The van der Waals surface area contributed by atoms with Crippen molar-refractivity contribution in [3.05, 3.63) is 54.4 Å². The van der Waals surface area contributed by atoms with Gasteiger partial charge >= 0.3 is 6.09 Å². The summed E-state index contributed by atoms with van der Waals surface area (Å²) in [5.74, 6) is -0.483. The first kappa shape index (κ1) is 13.5. The van der Waals surface area contributed by atoms with E-state index >= 15 is 0 Å². The Hall–Kier alpha value is -2.89. The van der Waals surface area contributed by atoms with Gasteiger partial charge in [0.25, 0.3) is 0 Å². The smallest absolute Gasteiger partial charge is 0.416 e. The zero-order valence-electron chi connectivity index (χ0n) is 10.6. The number of carboxylic acid groups (broad SMARTS) is 1. The number of primary amides is 1. The molecule has 0 unspecified atom stereocenters. The molecule has 3 N–H and O–H groups in total. The van der Waals surface area contributed by atoms with E-state index in [4.69, 9.17) is 5.73 Å². The third-order valence-electron chi connectivity index (χ3n) is 2.63. The summed E-state index contributed by atoms with van der Waals surface area (Å²) in [6.07, 6.45) is 0.318. The molecule has 0 saturated carbocycles. The number of hydrogen-bond donors (Lipinski definition) is 2. The van der Waals surface area contributed by atoms with Gasteiger partial charge in [-0.1, -0.05) is 18.2 Å². The Morgan fingerprint density at radius 2 is 1.80 bits per heavy atom. The van der Waals surface area contributed by atoms with Crippen molar-refractivity contribution < 1.29 is 14.7 Å². The standard InChI is InChI=1S/C14H13N3O3/c15-13(18)8-10-6-7-12(9-16-10)17(14(19)20)11-4-2-1-3-5-11/h1-7,9H,8H2,(H2,15,18)(H,19,20). The molecule has 0 atom stereocenters. The van der Waals surface area contributed by atoms with Crippen molar-refractivity contribution in [1.82, 2.24) is 4.98 Å². The zero-order chi connectivity index (χ0) is 14.5. The number of benzene rings is 1. The second kappa shape index (κ2) is 5.83. The van der Waals surface area contributed by atoms with Gasteiger partial charge in [0.15, 0.2) is 0 Å². The van der Waals surface area contributed by atoms with Crippen LogP contribution in [0.15, 0.2) is 48.7 Å². The number of carbonyl (C=O) groups is 2. The van der Waals surface area contributed by atoms with Gasteiger partial charge in [0.2, 0.25) is 5.91 Å². The topological polar surface area (TPSA) is 96.5 Å². The van der Waals surface area contributed by atoms with E-state index < -0.39 is 12.0 Å². The largest absolute Gasteiger partial charge is 0.464 e. The monoisotopic (exact) mass is 271 g/mol. The van der Waals surface area contributed by atoms with Crippen LogP contribution in [0.3, 0.4) is 0 Å². The molecule has 6 heteroatoms. The second-order valence-corrected chi connectivity index (χ2v) is 4.10. The first-order chi connectivity index (χ1) is 9.58. The van der Waals surface area contributed by atoms with Gasteiger partial charge in [0.1, 0.15) is 0 Å². The Labute approximate surface area is 115 Å². The highest BCUT2D eigenvalue weighted by molar-refractivity contribution is 5.94. The van der Waals surface area contributed by atoms with Gasteiger partial charge < -0.3 is 10.8 Å². The molecule has 2 amide bonds. The van der Waals surface area contributed by atoms with Crippen LogP contribution in [0.4, 0.5) is 16.2 Å². The van der Waals surface area contributed by atoms with Gasteiger partial charge in [-0.3, -0.25) is 9.78 Å². The Balaban J connectivity index is 2.31. The summed E-state index contributed by atoms with van der Waals surface area (Å²) < 4.78 is 0. The number of rotatable bonds is 4. The van der Waals surface area contributed by atoms with Crippen LogP contribution in [-0.4, -0.2) is 22.1 Å². The van der Waals surface area contributed by atoms with Crippen LogP contribution in [0.1, 0.15) is 5.69 Å². The van der Waals surface area contributed by atoms with E-state index in [1.807, 2.05) is 0 Å². The quantitative estimate of drug-likeness (QED) is 0.887. The molecule has 102 valence electrons. The molecule has 1 aromatic carbocycles. The summed E-state index contributed by atoms with van der Waals surface area (Å²) >= 11 is 0. The maximum Gasteiger partial charge on any atom is 0.416 e. The van der Waals surface area contributed by atoms with Gasteiger partial charge in [0, 0.05) is 5.69 Å². The number of amides is 2. The zero-order valence-corrected chi connectivity index (χ0v) is 10.6. The van der Waals surface area contributed by atoms with Crippen LogP contribution < -0.4 is 10.6 Å². The van der Waals surface area contributed by atoms with Crippen molar-refractivity contribution >= 4 is 23.4 Å². The van der Waals surface area contributed by atoms with E-state index in [9.17, 15) is 14.7 Å². The number of hydrogen-bond acceptors (Lipinski definition) is 3. The predicted octanol–water partition coefficient (Wildman–Crippen LogP) is 1.93. The summed E-state index contributed by atoms with van der Waals surface area (Å²) in [7, 11) is 0. The van der Waals surface area contributed by atoms with Crippen LogP contribution in [-0.2, 0) is 11.2 Å². The van der Waals surface area contributed by atoms with E-state index in [0.29, 0.717) is 17.1 Å². The molecule has 0 saturated heterocycles. The van der Waals surface area contributed by atoms with Crippen LogP contribution in [0.25, 0.3) is 0 Å². The summed E-state index contributed by atoms with van der Waals surface area (Å²) in [6.45, 7) is 0. The van der Waals surface area contributed by atoms with Crippen molar-refractivity contribution in [1.29, 1.82) is 0 Å². The van der Waals surface area contributed by atoms with Crippen LogP contribution in [0.5, 0.6) is 0 Å². The number of aromatic nitrogens is 1. The molecule has 1 heterocycles. The van der Waals surface area contributed by atoms with E-state index in [2.05, 4.69) is 4.98 Å². The van der Waals surface area contributed by atoms with Crippen LogP contribution >= 0.6 is 0 Å². The minimum atomic E-state index is -1.11. The van der Waals surface area contributed by atoms with Gasteiger partial charge in [-0.2, -0.15) is 0 Å². The first-order valence-electron chi connectivity index (χ1n) is 5.89. The van der Waals surface area contributed by atoms with E-state index in [0.717, 1.165) is 4.90 Å². The third kappa shape index (κ3) is 3.11. The molecule has 0 spiro atoms. The fourth-order valence-electron chi connectivity index (χ4n) is 1.78. The minimum Gasteiger partial charge on any atom is -0.464 e. The molecule has 2 aromatic rings. The Morgan fingerprint density at radius 3 is 2.30 bits per heavy atom. The molecule has 0 fully saturated rings. The fraction of sp³-hybridized carbons (Fsp3) is 0.0714. The number of anilines is 2. The van der Waals surface area contributed by atoms with E-state index in [-0.39, 0.29) is 6.42 Å². The third-order valence-corrected chi connectivity index (χ3v) is 2.63. The van der Waals surface area contributed by atoms with Crippen molar-refractivity contribution in [2.45, 2.75) is 6.42 Å². The van der Waals surface area contributed by atoms with Crippen molar-refractivity contribution in [2.24, 2.45) is 5.73 Å². The molecule has 0 aliphatic rings. The molecule has 0 radical (unpaired) electrons. The highest BCUT2D eigenvalue weighted by Gasteiger charge is 2.16. The average molecular weight is 271 g/mol. The molecule has 1 aromatic heterocycles. The normalized spacial score (nSPS) is 10.0. The van der Waals surface area contributed by atoms with Crippen molar-refractivity contribution in [3.63, 3.8) is 0 Å². The van der Waals surface area contributed by atoms with E-state index in [1.165, 1.54) is 6.20 Å². The fourth-order valence-corrected chi connectivity index (χ4v) is 1.78. The molecule has 2 rings (SSSR count). The van der Waals surface area contributed by atoms with Crippen molar-refractivity contribution in [3.8, 4) is 0 Å². The Kier molecular flexibility index (Phi) is 3.95. The summed E-state index contributed by atoms with van der Waals surface area (Å²) in [5, 5.41) is 9.32. The SMILES string of the molecule is NC(=O)Cc1ccc(N(C(=O)O)c2ccccc2)cn1. The Morgan fingerprint density at radius 1 is 1.10 bits per heavy atom. The summed E-state index contributed by atoms with van der Waals surface area (Å²) in [6, 6.07) is 11.8. The van der Waals surface area contributed by atoms with Gasteiger partial charge in [-0.15, -0.1) is 0 Å². The maximum atomic E-state index is 11.4. The molecular weight excluding hydrogens is 258 g/mol. The number of pyridine rings is 1. The van der Waals surface area contributed by atoms with Crippen LogP contribution in [0, 0.1) is 0 Å². The lowest BCUT2D eigenvalue weighted by atomic mass is 10.2. The average Bonchev–Trinajstić information content (AvgIpc) is 2.41. The summed E-state index contributed by atoms with van der Waals surface area (Å²) in [4.78, 5) is 27.3. The van der Waals surface area contributed by atoms with Crippen molar-refractivity contribution in [2.75, 3.05) is 4.90 Å². The number of nitrogens with two attached hydrogens (primary N) is 1. The van der Waals surface area contributed by atoms with Gasteiger partial charge in [-0.05, 0) is 24.3 Å². The van der Waals surface area contributed by atoms with Crippen LogP contribution in [0.2, 0.25) is 0 Å². The second-order valence-electron chi connectivity index (χ2n) is 4.10. The van der Waals surface area contributed by atoms with E-state index in [1.54, 1.807) is 42.5 Å². The number of carbonyl (C=O) groups excluding carboxylic acids is 1. The Bertz CT molecular complexity index is 611. The molecule has 0 aliphatic heterocycles. The molecule has 20 heavy (non-hydrogen) atoms. The lowest BCUT2D eigenvalue weighted by Crippen LogP contribution is -2.23. The highest BCUT2D eigenvalue weighted by Crippen LogP contribution is 2.24. The molecular formula is C14H13N3O3. The highest BCUT2D eigenvalue weighted by atomic mass is 16.4. The maximum absolute atomic E-state index is 11.4. The first-order valence-corrected chi connectivity index (χ1v) is 5.89. The minimum absolute atomic E-state index is 0.0265. The summed E-state index contributed by atoms with van der Waals surface area (Å²) in [5.41, 5.74) is 6.50. The molecule has 0 bridgehead atoms. The number of para-hydroxylation sites is 1. The predicted molar refractivity (Wildman–Crippen MR) is 73.7 cm³/mol. The van der Waals surface area contributed by atoms with Gasteiger partial charge in [0.05, 0.1) is 24.0 Å². The lowest BCUT2D eigenvalue weighted by Gasteiger charge is -2.19. The lowest BCUT2D eigenvalue weighted by molar-refractivity contribution is -0.117. The van der Waals surface area contributed by atoms with Gasteiger partial charge in [-0.25, -0.2) is 9.69 Å².